The van der Waals surface area contributed by atoms with Gasteiger partial charge in [0.1, 0.15) is 17.4 Å². The number of benzene rings is 2. The van der Waals surface area contributed by atoms with Crippen molar-refractivity contribution in [2.75, 3.05) is 12.0 Å². The molecule has 6 nitrogen and oxygen atoms in total. The minimum absolute atomic E-state index is 0.0418. The molecule has 0 aliphatic carbocycles. The zero-order valence-electron chi connectivity index (χ0n) is 16.2. The van der Waals surface area contributed by atoms with E-state index in [-0.39, 0.29) is 12.5 Å². The zero-order valence-corrected chi connectivity index (χ0v) is 17.8. The molecule has 1 unspecified atom stereocenters. The number of nitrogens with zero attached hydrogens (tertiary/aromatic N) is 2. The predicted octanol–water partition coefficient (Wildman–Crippen LogP) is 4.49. The molecule has 3 heterocycles. The van der Waals surface area contributed by atoms with E-state index in [1.165, 1.54) is 23.1 Å². The third-order valence-electron chi connectivity index (χ3n) is 5.23. The van der Waals surface area contributed by atoms with Crippen molar-refractivity contribution < 1.29 is 19.1 Å². The van der Waals surface area contributed by atoms with Crippen LogP contribution in [0.1, 0.15) is 18.5 Å². The molecule has 8 heteroatoms. The fourth-order valence-electron chi connectivity index (χ4n) is 3.76. The molecular weight excluding hydrogens is 420 g/mol. The van der Waals surface area contributed by atoms with Crippen molar-refractivity contribution in [3.8, 4) is 16.3 Å². The lowest BCUT2D eigenvalue weighted by molar-refractivity contribution is -0.148. The second-order valence-electron chi connectivity index (χ2n) is 7.03. The Morgan fingerprint density at radius 2 is 2.00 bits per heavy atom. The smallest absolute Gasteiger partial charge is 0.343 e. The Bertz CT molecular complexity index is 1130. The molecule has 2 aromatic carbocycles. The number of anilines is 1. The summed E-state index contributed by atoms with van der Waals surface area (Å²) < 4.78 is 10.8. The van der Waals surface area contributed by atoms with Crippen LogP contribution < -0.4 is 9.64 Å². The summed E-state index contributed by atoms with van der Waals surface area (Å²) in [5.41, 5.74) is 2.45. The molecule has 30 heavy (non-hydrogen) atoms. The number of para-hydroxylation sites is 1. The summed E-state index contributed by atoms with van der Waals surface area (Å²) in [7, 11) is 1.63. The van der Waals surface area contributed by atoms with Crippen molar-refractivity contribution in [3.05, 3.63) is 59.6 Å². The molecule has 2 aliphatic rings. The van der Waals surface area contributed by atoms with Crippen molar-refractivity contribution in [3.63, 3.8) is 0 Å². The number of fused-ring (bicyclic) bond motifs is 3. The van der Waals surface area contributed by atoms with E-state index in [0.717, 1.165) is 26.9 Å². The Morgan fingerprint density at radius 1 is 1.20 bits per heavy atom. The van der Waals surface area contributed by atoms with Crippen LogP contribution in [0.2, 0.25) is 0 Å². The fraction of sp³-hybridized carbons (Fsp3) is 0.227. The highest BCUT2D eigenvalue weighted by atomic mass is 32.2. The van der Waals surface area contributed by atoms with Crippen molar-refractivity contribution in [1.29, 1.82) is 0 Å². The standard InChI is InChI=1S/C22H18N2O4S2/c1-27-16-8-6-14(7-9-16)20-23-15(13-29-20)12-28-21(26)22-11-10-19(25)24(22)17-4-2-3-5-18(17)30-22/h2-9,13H,10-12H2,1H3. The van der Waals surface area contributed by atoms with Gasteiger partial charge in [-0.05, 0) is 36.4 Å². The molecular formula is C22H18N2O4S2. The number of methoxy groups -OCH3 is 1. The van der Waals surface area contributed by atoms with Gasteiger partial charge >= 0.3 is 5.97 Å². The summed E-state index contributed by atoms with van der Waals surface area (Å²) in [5, 5.41) is 2.74. The molecule has 1 amide bonds. The summed E-state index contributed by atoms with van der Waals surface area (Å²) in [5.74, 6) is 0.350. The maximum absolute atomic E-state index is 13.1. The number of aromatic nitrogens is 1. The first-order valence-electron chi connectivity index (χ1n) is 9.48. The van der Waals surface area contributed by atoms with E-state index in [0.29, 0.717) is 18.5 Å². The normalized spacial score (nSPS) is 19.5. The molecule has 2 aliphatic heterocycles. The van der Waals surface area contributed by atoms with Crippen molar-refractivity contribution in [1.82, 2.24) is 4.98 Å². The Labute approximate surface area is 181 Å². The number of amides is 1. The van der Waals surface area contributed by atoms with Gasteiger partial charge < -0.3 is 9.47 Å². The number of esters is 1. The van der Waals surface area contributed by atoms with E-state index in [1.54, 1.807) is 12.0 Å². The molecule has 0 radical (unpaired) electrons. The SMILES string of the molecule is COc1ccc(-c2nc(COC(=O)C34CCC(=O)N3c3ccccc3S4)cs2)cc1. The van der Waals surface area contributed by atoms with Gasteiger partial charge in [0.2, 0.25) is 5.91 Å². The van der Waals surface area contributed by atoms with Gasteiger partial charge in [0.15, 0.2) is 4.87 Å². The van der Waals surface area contributed by atoms with Crippen LogP contribution in [0.3, 0.4) is 0 Å². The van der Waals surface area contributed by atoms with E-state index in [1.807, 2.05) is 53.9 Å². The van der Waals surface area contributed by atoms with Gasteiger partial charge in [0.05, 0.1) is 18.5 Å². The van der Waals surface area contributed by atoms with Crippen LogP contribution in [0.15, 0.2) is 58.8 Å². The summed E-state index contributed by atoms with van der Waals surface area (Å²) in [4.78, 5) is 31.7. The number of carbonyl (C=O) groups excluding carboxylic acids is 2. The lowest BCUT2D eigenvalue weighted by Gasteiger charge is -2.28. The second-order valence-corrected chi connectivity index (χ2v) is 9.21. The van der Waals surface area contributed by atoms with E-state index in [9.17, 15) is 9.59 Å². The van der Waals surface area contributed by atoms with E-state index in [2.05, 4.69) is 4.98 Å². The Hall–Kier alpha value is -2.84. The van der Waals surface area contributed by atoms with E-state index < -0.39 is 10.8 Å². The van der Waals surface area contributed by atoms with Gasteiger partial charge in [-0.25, -0.2) is 9.78 Å². The van der Waals surface area contributed by atoms with Gasteiger partial charge in [0.25, 0.3) is 0 Å². The Morgan fingerprint density at radius 3 is 2.80 bits per heavy atom. The number of ether oxygens (including phenoxy) is 2. The molecule has 1 aromatic heterocycles. The highest BCUT2D eigenvalue weighted by molar-refractivity contribution is 8.02. The topological polar surface area (TPSA) is 68.7 Å². The van der Waals surface area contributed by atoms with Crippen LogP contribution in [-0.2, 0) is 20.9 Å². The number of thioether (sulfide) groups is 1. The van der Waals surface area contributed by atoms with E-state index in [4.69, 9.17) is 9.47 Å². The first-order chi connectivity index (χ1) is 14.6. The molecule has 152 valence electrons. The molecule has 0 spiro atoms. The second kappa shape index (κ2) is 7.45. The lowest BCUT2D eigenvalue weighted by Crippen LogP contribution is -2.47. The summed E-state index contributed by atoms with van der Waals surface area (Å²) >= 11 is 2.90. The lowest BCUT2D eigenvalue weighted by atomic mass is 10.2. The summed E-state index contributed by atoms with van der Waals surface area (Å²) in [6.07, 6.45) is 0.785. The third kappa shape index (κ3) is 3.07. The summed E-state index contributed by atoms with van der Waals surface area (Å²) in [6, 6.07) is 15.3. The minimum Gasteiger partial charge on any atom is -0.497 e. The van der Waals surface area contributed by atoms with Crippen LogP contribution in [0.25, 0.3) is 10.6 Å². The Balaban J connectivity index is 1.31. The molecule has 1 atom stereocenters. The van der Waals surface area contributed by atoms with Crippen LogP contribution in [-0.4, -0.2) is 28.8 Å². The average molecular weight is 439 g/mol. The number of hydrogen-bond acceptors (Lipinski definition) is 7. The minimum atomic E-state index is -1.00. The van der Waals surface area contributed by atoms with Gasteiger partial charge in [-0.2, -0.15) is 0 Å². The molecule has 1 fully saturated rings. The van der Waals surface area contributed by atoms with Gasteiger partial charge in [-0.15, -0.1) is 11.3 Å². The highest BCUT2D eigenvalue weighted by Crippen LogP contribution is 2.56. The quantitative estimate of drug-likeness (QED) is 0.547. The van der Waals surface area contributed by atoms with Crippen LogP contribution in [0, 0.1) is 0 Å². The molecule has 5 rings (SSSR count). The first kappa shape index (κ1) is 19.1. The predicted molar refractivity (Wildman–Crippen MR) is 116 cm³/mol. The molecule has 3 aromatic rings. The Kier molecular flexibility index (Phi) is 4.75. The zero-order chi connectivity index (χ0) is 20.7. The van der Waals surface area contributed by atoms with Crippen molar-refractivity contribution in [2.24, 2.45) is 0 Å². The first-order valence-corrected chi connectivity index (χ1v) is 11.2. The molecule has 0 N–H and O–H groups in total. The largest absolute Gasteiger partial charge is 0.497 e. The maximum atomic E-state index is 13.1. The van der Waals surface area contributed by atoms with Gasteiger partial charge in [-0.3, -0.25) is 9.69 Å². The monoisotopic (exact) mass is 438 g/mol. The molecule has 1 saturated heterocycles. The number of hydrogen-bond donors (Lipinski definition) is 0. The maximum Gasteiger partial charge on any atom is 0.343 e. The fourth-order valence-corrected chi connectivity index (χ4v) is 5.99. The van der Waals surface area contributed by atoms with Gasteiger partial charge in [-0.1, -0.05) is 23.9 Å². The van der Waals surface area contributed by atoms with Crippen LogP contribution in [0.5, 0.6) is 5.75 Å². The van der Waals surface area contributed by atoms with Crippen molar-refractivity contribution in [2.45, 2.75) is 29.2 Å². The van der Waals surface area contributed by atoms with Crippen LogP contribution in [0.4, 0.5) is 5.69 Å². The van der Waals surface area contributed by atoms with E-state index >= 15 is 0 Å². The highest BCUT2D eigenvalue weighted by Gasteiger charge is 2.58. The molecule has 0 bridgehead atoms. The summed E-state index contributed by atoms with van der Waals surface area (Å²) in [6.45, 7) is 0.0756. The third-order valence-corrected chi connectivity index (χ3v) is 7.63. The van der Waals surface area contributed by atoms with Gasteiger partial charge in [0, 0.05) is 28.7 Å². The number of carbonyl (C=O) groups is 2. The average Bonchev–Trinajstić information content (AvgIpc) is 3.46. The molecule has 0 saturated carbocycles. The van der Waals surface area contributed by atoms with Crippen LogP contribution >= 0.6 is 23.1 Å². The van der Waals surface area contributed by atoms with Crippen molar-refractivity contribution >= 4 is 40.7 Å². The number of rotatable bonds is 5. The number of thiazole rings is 1.